The van der Waals surface area contributed by atoms with Gasteiger partial charge in [0.1, 0.15) is 0 Å². The van der Waals surface area contributed by atoms with Gasteiger partial charge in [0.05, 0.1) is 0 Å². The molecule has 0 spiro atoms. The summed E-state index contributed by atoms with van der Waals surface area (Å²) in [5.41, 5.74) is 13.7. The van der Waals surface area contributed by atoms with Crippen LogP contribution in [0.4, 0.5) is 0 Å². The van der Waals surface area contributed by atoms with Gasteiger partial charge in [0.15, 0.2) is 0 Å². The first kappa shape index (κ1) is 15.5. The summed E-state index contributed by atoms with van der Waals surface area (Å²) in [6, 6.07) is 13.0. The van der Waals surface area contributed by atoms with Crippen LogP contribution >= 0.6 is 0 Å². The molecule has 2 aromatic carbocycles. The lowest BCUT2D eigenvalue weighted by atomic mass is 9.97. The molecule has 0 aliphatic rings. The molecule has 2 N–H and O–H groups in total. The number of rotatable bonds is 5. The molecule has 0 bridgehead atoms. The van der Waals surface area contributed by atoms with Gasteiger partial charge in [0.2, 0.25) is 0 Å². The van der Waals surface area contributed by atoms with Crippen LogP contribution in [0.25, 0.3) is 12.2 Å². The first-order chi connectivity index (χ1) is 10.1. The third-order valence-corrected chi connectivity index (χ3v) is 4.11. The van der Waals surface area contributed by atoms with E-state index >= 15 is 0 Å². The van der Waals surface area contributed by atoms with E-state index in [1.165, 1.54) is 33.4 Å². The highest BCUT2D eigenvalue weighted by atomic mass is 14.5. The first-order valence-electron chi connectivity index (χ1n) is 7.66. The average Bonchev–Trinajstić information content (AvgIpc) is 2.47. The van der Waals surface area contributed by atoms with Gasteiger partial charge in [-0.1, -0.05) is 48.6 Å². The highest BCUT2D eigenvalue weighted by Crippen LogP contribution is 2.20. The molecule has 0 fully saturated rings. The number of hydrogen-bond acceptors (Lipinski definition) is 1. The molecule has 110 valence electrons. The molecule has 0 aliphatic heterocycles. The molecule has 0 unspecified atom stereocenters. The molecule has 2 rings (SSSR count). The minimum Gasteiger partial charge on any atom is -0.330 e. The van der Waals surface area contributed by atoms with Crippen molar-refractivity contribution in [1.82, 2.24) is 0 Å². The zero-order chi connectivity index (χ0) is 15.2. The molecular weight excluding hydrogens is 254 g/mol. The fourth-order valence-corrected chi connectivity index (χ4v) is 2.71. The molecule has 0 saturated heterocycles. The molecular formula is C20H25N. The van der Waals surface area contributed by atoms with Gasteiger partial charge < -0.3 is 5.73 Å². The van der Waals surface area contributed by atoms with Crippen molar-refractivity contribution < 1.29 is 0 Å². The highest BCUT2D eigenvalue weighted by molar-refractivity contribution is 5.74. The summed E-state index contributed by atoms with van der Waals surface area (Å²) in [7, 11) is 0. The van der Waals surface area contributed by atoms with E-state index in [1.54, 1.807) is 0 Å². The number of nitrogens with two attached hydrogens (primary N) is 1. The molecule has 0 atom stereocenters. The summed E-state index contributed by atoms with van der Waals surface area (Å²) in [5.74, 6) is 0. The van der Waals surface area contributed by atoms with E-state index in [9.17, 15) is 0 Å². The van der Waals surface area contributed by atoms with Crippen molar-refractivity contribution in [3.8, 4) is 0 Å². The Morgan fingerprint density at radius 3 is 2.24 bits per heavy atom. The number of aryl methyl sites for hydroxylation is 3. The summed E-state index contributed by atoms with van der Waals surface area (Å²) < 4.78 is 0. The number of benzene rings is 2. The molecule has 0 amide bonds. The van der Waals surface area contributed by atoms with Crippen LogP contribution in [0, 0.1) is 20.8 Å². The Hall–Kier alpha value is -1.86. The van der Waals surface area contributed by atoms with Crippen LogP contribution in [-0.4, -0.2) is 6.54 Å². The second-order valence-electron chi connectivity index (χ2n) is 5.66. The van der Waals surface area contributed by atoms with Crippen LogP contribution < -0.4 is 5.73 Å². The lowest BCUT2D eigenvalue weighted by molar-refractivity contribution is 0.827. The molecule has 0 aliphatic carbocycles. The van der Waals surface area contributed by atoms with E-state index in [1.807, 2.05) is 0 Å². The van der Waals surface area contributed by atoms with Gasteiger partial charge >= 0.3 is 0 Å². The Kier molecular flexibility index (Phi) is 5.35. The standard InChI is InChI=1S/C20H25N/c1-15-7-4-8-16(2)20(15)13-12-19-10-5-9-18(17(19)3)11-6-14-21/h4-5,7-10,12-13H,6,11,14,21H2,1-3H3/b13-12-. The Balaban J connectivity index is 2.29. The minimum atomic E-state index is 0.752. The van der Waals surface area contributed by atoms with Gasteiger partial charge in [-0.2, -0.15) is 0 Å². The van der Waals surface area contributed by atoms with E-state index in [-0.39, 0.29) is 0 Å². The lowest BCUT2D eigenvalue weighted by Crippen LogP contribution is -2.01. The lowest BCUT2D eigenvalue weighted by Gasteiger charge is -2.09. The summed E-state index contributed by atoms with van der Waals surface area (Å²) in [6.07, 6.45) is 6.58. The molecule has 0 saturated carbocycles. The van der Waals surface area contributed by atoms with Gasteiger partial charge in [-0.05, 0) is 73.5 Å². The number of hydrogen-bond donors (Lipinski definition) is 1. The monoisotopic (exact) mass is 279 g/mol. The van der Waals surface area contributed by atoms with Crippen LogP contribution in [0.15, 0.2) is 36.4 Å². The predicted octanol–water partition coefficient (Wildman–Crippen LogP) is 4.67. The van der Waals surface area contributed by atoms with Crippen molar-refractivity contribution in [1.29, 1.82) is 0 Å². The summed E-state index contributed by atoms with van der Waals surface area (Å²) in [5, 5.41) is 0. The van der Waals surface area contributed by atoms with Gasteiger partial charge in [-0.25, -0.2) is 0 Å². The van der Waals surface area contributed by atoms with Crippen molar-refractivity contribution >= 4 is 12.2 Å². The quantitative estimate of drug-likeness (QED) is 0.791. The molecule has 1 nitrogen and oxygen atoms in total. The zero-order valence-electron chi connectivity index (χ0n) is 13.3. The second-order valence-corrected chi connectivity index (χ2v) is 5.66. The van der Waals surface area contributed by atoms with Crippen molar-refractivity contribution in [2.75, 3.05) is 6.54 Å². The average molecular weight is 279 g/mol. The Labute approximate surface area is 128 Å². The molecule has 0 aromatic heterocycles. The smallest absolute Gasteiger partial charge is 0.00741 e. The van der Waals surface area contributed by atoms with Gasteiger partial charge in [-0.3, -0.25) is 0 Å². The molecule has 0 heterocycles. The van der Waals surface area contributed by atoms with Crippen molar-refractivity contribution in [2.24, 2.45) is 5.73 Å². The fourth-order valence-electron chi connectivity index (χ4n) is 2.71. The Bertz CT molecular complexity index is 618. The Morgan fingerprint density at radius 1 is 0.905 bits per heavy atom. The van der Waals surface area contributed by atoms with Gasteiger partial charge in [0, 0.05) is 0 Å². The summed E-state index contributed by atoms with van der Waals surface area (Å²) in [6.45, 7) is 7.28. The molecule has 0 radical (unpaired) electrons. The SMILES string of the molecule is Cc1cccc(C)c1/C=C\c1cccc(CCCN)c1C. The van der Waals surface area contributed by atoms with E-state index in [4.69, 9.17) is 5.73 Å². The maximum Gasteiger partial charge on any atom is -0.00741 e. The van der Waals surface area contributed by atoms with Crippen LogP contribution in [0.1, 0.15) is 39.8 Å². The van der Waals surface area contributed by atoms with Crippen LogP contribution in [0.2, 0.25) is 0 Å². The molecule has 2 aromatic rings. The largest absolute Gasteiger partial charge is 0.330 e. The minimum absolute atomic E-state index is 0.752. The van der Waals surface area contributed by atoms with E-state index in [0.717, 1.165) is 19.4 Å². The van der Waals surface area contributed by atoms with Crippen LogP contribution in [0.3, 0.4) is 0 Å². The highest BCUT2D eigenvalue weighted by Gasteiger charge is 2.02. The van der Waals surface area contributed by atoms with Crippen molar-refractivity contribution in [3.05, 3.63) is 69.8 Å². The van der Waals surface area contributed by atoms with Crippen LogP contribution in [0.5, 0.6) is 0 Å². The van der Waals surface area contributed by atoms with Crippen molar-refractivity contribution in [3.63, 3.8) is 0 Å². The topological polar surface area (TPSA) is 26.0 Å². The van der Waals surface area contributed by atoms with E-state index in [2.05, 4.69) is 69.3 Å². The maximum atomic E-state index is 5.62. The first-order valence-corrected chi connectivity index (χ1v) is 7.66. The maximum absolute atomic E-state index is 5.62. The van der Waals surface area contributed by atoms with Crippen molar-refractivity contribution in [2.45, 2.75) is 33.6 Å². The molecule has 21 heavy (non-hydrogen) atoms. The predicted molar refractivity (Wildman–Crippen MR) is 93.4 cm³/mol. The Morgan fingerprint density at radius 2 is 1.57 bits per heavy atom. The van der Waals surface area contributed by atoms with Gasteiger partial charge in [-0.15, -0.1) is 0 Å². The fraction of sp³-hybridized carbons (Fsp3) is 0.300. The van der Waals surface area contributed by atoms with E-state index < -0.39 is 0 Å². The third-order valence-electron chi connectivity index (χ3n) is 4.11. The van der Waals surface area contributed by atoms with E-state index in [0.29, 0.717) is 0 Å². The summed E-state index contributed by atoms with van der Waals surface area (Å²) >= 11 is 0. The van der Waals surface area contributed by atoms with Gasteiger partial charge in [0.25, 0.3) is 0 Å². The second kappa shape index (κ2) is 7.24. The summed E-state index contributed by atoms with van der Waals surface area (Å²) in [4.78, 5) is 0. The van der Waals surface area contributed by atoms with Crippen LogP contribution in [-0.2, 0) is 6.42 Å². The third kappa shape index (κ3) is 3.83. The molecule has 1 heteroatoms. The normalized spacial score (nSPS) is 11.2. The zero-order valence-corrected chi connectivity index (χ0v) is 13.3.